The number of benzene rings is 1. The molecule has 0 spiro atoms. The number of nitrogens with one attached hydrogen (secondary N) is 1. The molecular weight excluding hydrogens is 342 g/mol. The third kappa shape index (κ3) is 5.70. The lowest BCUT2D eigenvalue weighted by Gasteiger charge is -2.19. The summed E-state index contributed by atoms with van der Waals surface area (Å²) in [6, 6.07) is 7.47. The van der Waals surface area contributed by atoms with Crippen LogP contribution in [0, 0.1) is 0 Å². The normalized spacial score (nSPS) is 19.3. The summed E-state index contributed by atoms with van der Waals surface area (Å²) >= 11 is 0. The Kier molecular flexibility index (Phi) is 7.10. The van der Waals surface area contributed by atoms with E-state index in [1.807, 2.05) is 36.2 Å². The minimum Gasteiger partial charge on any atom is -0.378 e. The van der Waals surface area contributed by atoms with Gasteiger partial charge in [-0.15, -0.1) is 0 Å². The number of likely N-dealkylation sites (tertiary alicyclic amines) is 1. The molecule has 0 radical (unpaired) electrons. The Bertz CT molecular complexity index is 620. The fourth-order valence-corrected chi connectivity index (χ4v) is 3.71. The molecule has 0 unspecified atom stereocenters. The third-order valence-corrected chi connectivity index (χ3v) is 5.43. The summed E-state index contributed by atoms with van der Waals surface area (Å²) in [6.45, 7) is 3.79. The van der Waals surface area contributed by atoms with Gasteiger partial charge in [-0.05, 0) is 56.2 Å². The van der Waals surface area contributed by atoms with Crippen LogP contribution in [-0.4, -0.2) is 61.1 Å². The van der Waals surface area contributed by atoms with E-state index in [1.54, 1.807) is 4.90 Å². The number of urea groups is 1. The molecule has 2 heterocycles. The minimum atomic E-state index is -0.0699. The standard InChI is InChI=1S/C21H31N3O3/c1-23(12-4-6-19-7-5-15-27-19)21(26)22-16-17-8-10-18(11-9-17)20(25)24-13-2-3-14-24/h8-11,19H,2-7,12-16H2,1H3,(H,22,26)/t19-/m1/s1. The van der Waals surface area contributed by atoms with Crippen molar-refractivity contribution in [3.63, 3.8) is 0 Å². The minimum absolute atomic E-state index is 0.0699. The predicted octanol–water partition coefficient (Wildman–Crippen LogP) is 3.02. The SMILES string of the molecule is CN(CCC[C@@H]1CCCO1)C(=O)NCc1ccc(C(=O)N2CCCC2)cc1. The van der Waals surface area contributed by atoms with Crippen LogP contribution in [0.25, 0.3) is 0 Å². The monoisotopic (exact) mass is 373 g/mol. The van der Waals surface area contributed by atoms with Crippen molar-refractivity contribution in [2.45, 2.75) is 51.2 Å². The molecule has 6 nitrogen and oxygen atoms in total. The van der Waals surface area contributed by atoms with Crippen LogP contribution in [0.5, 0.6) is 0 Å². The molecule has 1 N–H and O–H groups in total. The first-order valence-electron chi connectivity index (χ1n) is 10.1. The van der Waals surface area contributed by atoms with Gasteiger partial charge in [-0.2, -0.15) is 0 Å². The van der Waals surface area contributed by atoms with Gasteiger partial charge in [-0.25, -0.2) is 4.79 Å². The van der Waals surface area contributed by atoms with Crippen molar-refractivity contribution in [2.75, 3.05) is 33.3 Å². The smallest absolute Gasteiger partial charge is 0.317 e. The van der Waals surface area contributed by atoms with Gasteiger partial charge >= 0.3 is 6.03 Å². The highest BCUT2D eigenvalue weighted by molar-refractivity contribution is 5.94. The average Bonchev–Trinajstić information content (AvgIpc) is 3.40. The molecule has 0 saturated carbocycles. The predicted molar refractivity (Wildman–Crippen MR) is 105 cm³/mol. The number of hydrogen-bond donors (Lipinski definition) is 1. The van der Waals surface area contributed by atoms with Gasteiger partial charge in [0.2, 0.25) is 0 Å². The van der Waals surface area contributed by atoms with Crippen LogP contribution < -0.4 is 5.32 Å². The average molecular weight is 373 g/mol. The van der Waals surface area contributed by atoms with Crippen molar-refractivity contribution >= 4 is 11.9 Å². The molecule has 6 heteroatoms. The molecule has 0 aliphatic carbocycles. The number of hydrogen-bond acceptors (Lipinski definition) is 3. The first-order valence-corrected chi connectivity index (χ1v) is 10.1. The van der Waals surface area contributed by atoms with Crippen molar-refractivity contribution < 1.29 is 14.3 Å². The number of carbonyl (C=O) groups excluding carboxylic acids is 2. The molecule has 2 saturated heterocycles. The van der Waals surface area contributed by atoms with Gasteiger partial charge in [0.05, 0.1) is 6.10 Å². The van der Waals surface area contributed by atoms with Crippen molar-refractivity contribution in [3.05, 3.63) is 35.4 Å². The van der Waals surface area contributed by atoms with Crippen LogP contribution in [0.1, 0.15) is 54.4 Å². The Hall–Kier alpha value is -2.08. The molecule has 27 heavy (non-hydrogen) atoms. The Labute approximate surface area is 161 Å². The zero-order valence-electron chi connectivity index (χ0n) is 16.3. The van der Waals surface area contributed by atoms with E-state index >= 15 is 0 Å². The molecule has 2 fully saturated rings. The lowest BCUT2D eigenvalue weighted by atomic mass is 10.1. The summed E-state index contributed by atoms with van der Waals surface area (Å²) in [4.78, 5) is 28.2. The van der Waals surface area contributed by atoms with Gasteiger partial charge in [-0.1, -0.05) is 12.1 Å². The molecule has 3 rings (SSSR count). The Morgan fingerprint density at radius 2 is 1.93 bits per heavy atom. The highest BCUT2D eigenvalue weighted by Gasteiger charge is 2.19. The summed E-state index contributed by atoms with van der Waals surface area (Å²) in [6.07, 6.45) is 6.85. The Morgan fingerprint density at radius 3 is 2.59 bits per heavy atom. The van der Waals surface area contributed by atoms with Crippen LogP contribution in [0.3, 0.4) is 0 Å². The van der Waals surface area contributed by atoms with Gasteiger partial charge in [0.15, 0.2) is 0 Å². The Morgan fingerprint density at radius 1 is 1.19 bits per heavy atom. The van der Waals surface area contributed by atoms with E-state index in [-0.39, 0.29) is 11.9 Å². The van der Waals surface area contributed by atoms with Crippen LogP contribution in [0.2, 0.25) is 0 Å². The topological polar surface area (TPSA) is 61.9 Å². The second kappa shape index (κ2) is 9.74. The second-order valence-corrected chi connectivity index (χ2v) is 7.55. The van der Waals surface area contributed by atoms with Crippen LogP contribution in [-0.2, 0) is 11.3 Å². The molecular formula is C21H31N3O3. The lowest BCUT2D eigenvalue weighted by Crippen LogP contribution is -2.37. The highest BCUT2D eigenvalue weighted by Crippen LogP contribution is 2.17. The summed E-state index contributed by atoms with van der Waals surface area (Å²) in [5.41, 5.74) is 1.72. The lowest BCUT2D eigenvalue weighted by molar-refractivity contribution is 0.0792. The number of rotatable bonds is 7. The molecule has 0 bridgehead atoms. The van der Waals surface area contributed by atoms with Crippen LogP contribution >= 0.6 is 0 Å². The molecule has 3 amide bonds. The number of ether oxygens (including phenoxy) is 1. The summed E-state index contributed by atoms with van der Waals surface area (Å²) in [5.74, 6) is 0.106. The number of nitrogens with zero attached hydrogens (tertiary/aromatic N) is 2. The zero-order valence-corrected chi connectivity index (χ0v) is 16.3. The summed E-state index contributed by atoms with van der Waals surface area (Å²) in [5, 5.41) is 2.94. The van der Waals surface area contributed by atoms with E-state index in [1.165, 1.54) is 0 Å². The fraction of sp³-hybridized carbons (Fsp3) is 0.619. The van der Waals surface area contributed by atoms with E-state index in [2.05, 4.69) is 5.32 Å². The fourth-order valence-electron chi connectivity index (χ4n) is 3.71. The quantitative estimate of drug-likeness (QED) is 0.799. The van der Waals surface area contributed by atoms with Crippen molar-refractivity contribution in [2.24, 2.45) is 0 Å². The largest absolute Gasteiger partial charge is 0.378 e. The number of carbonyl (C=O) groups is 2. The van der Waals surface area contributed by atoms with E-state index in [4.69, 9.17) is 4.74 Å². The highest BCUT2D eigenvalue weighted by atomic mass is 16.5. The molecule has 148 valence electrons. The maximum absolute atomic E-state index is 12.3. The van der Waals surface area contributed by atoms with Crippen molar-refractivity contribution in [1.29, 1.82) is 0 Å². The zero-order chi connectivity index (χ0) is 19.1. The van der Waals surface area contributed by atoms with E-state index in [0.717, 1.165) is 75.9 Å². The second-order valence-electron chi connectivity index (χ2n) is 7.55. The van der Waals surface area contributed by atoms with E-state index < -0.39 is 0 Å². The van der Waals surface area contributed by atoms with Gasteiger partial charge < -0.3 is 19.9 Å². The number of amides is 3. The Balaban J connectivity index is 1.38. The molecule has 1 aromatic rings. The van der Waals surface area contributed by atoms with E-state index in [0.29, 0.717) is 12.6 Å². The maximum atomic E-state index is 12.3. The third-order valence-electron chi connectivity index (χ3n) is 5.43. The molecule has 1 atom stereocenters. The molecule has 0 aromatic heterocycles. The van der Waals surface area contributed by atoms with Gasteiger partial charge in [0.25, 0.3) is 5.91 Å². The van der Waals surface area contributed by atoms with Crippen molar-refractivity contribution in [1.82, 2.24) is 15.1 Å². The maximum Gasteiger partial charge on any atom is 0.317 e. The molecule has 1 aromatic carbocycles. The first kappa shape index (κ1) is 19.7. The van der Waals surface area contributed by atoms with Gasteiger partial charge in [-0.3, -0.25) is 4.79 Å². The molecule has 2 aliphatic rings. The van der Waals surface area contributed by atoms with E-state index in [9.17, 15) is 9.59 Å². The van der Waals surface area contributed by atoms with Gasteiger partial charge in [0, 0.05) is 45.4 Å². The summed E-state index contributed by atoms with van der Waals surface area (Å²) < 4.78 is 5.61. The van der Waals surface area contributed by atoms with Gasteiger partial charge in [0.1, 0.15) is 0 Å². The van der Waals surface area contributed by atoms with Crippen molar-refractivity contribution in [3.8, 4) is 0 Å². The summed E-state index contributed by atoms with van der Waals surface area (Å²) in [7, 11) is 1.82. The molecule has 2 aliphatic heterocycles. The van der Waals surface area contributed by atoms with Crippen LogP contribution in [0.15, 0.2) is 24.3 Å². The first-order chi connectivity index (χ1) is 13.1. The van der Waals surface area contributed by atoms with Crippen LogP contribution in [0.4, 0.5) is 4.79 Å².